The van der Waals surface area contributed by atoms with Crippen molar-refractivity contribution in [2.24, 2.45) is 0 Å². The van der Waals surface area contributed by atoms with Crippen molar-refractivity contribution < 1.29 is 0 Å². The third-order valence-corrected chi connectivity index (χ3v) is 4.32. The second-order valence-corrected chi connectivity index (χ2v) is 6.05. The van der Waals surface area contributed by atoms with Crippen LogP contribution in [0.4, 0.5) is 0 Å². The van der Waals surface area contributed by atoms with E-state index in [1.165, 1.54) is 37.7 Å². The average Bonchev–Trinajstić information content (AvgIpc) is 2.98. The maximum atomic E-state index is 4.35. The summed E-state index contributed by atoms with van der Waals surface area (Å²) in [5.41, 5.74) is 1.23. The zero-order valence-corrected chi connectivity index (χ0v) is 12.8. The summed E-state index contributed by atoms with van der Waals surface area (Å²) in [6.45, 7) is 0. The van der Waals surface area contributed by atoms with Crippen LogP contribution in [0.1, 0.15) is 55.6 Å². The molecule has 0 saturated heterocycles. The lowest BCUT2D eigenvalue weighted by molar-refractivity contribution is 0.276. The number of rotatable bonds is 4. The third-order valence-electron chi connectivity index (χ3n) is 4.32. The summed E-state index contributed by atoms with van der Waals surface area (Å²) in [7, 11) is 4.16. The van der Waals surface area contributed by atoms with Gasteiger partial charge in [-0.15, -0.1) is 5.10 Å². The van der Waals surface area contributed by atoms with E-state index < -0.39 is 0 Å². The van der Waals surface area contributed by atoms with E-state index in [0.29, 0.717) is 6.04 Å². The standard InChI is InChI=1S/C16H23N5/c1-20(2)15(13-9-5-3-6-10-13)16-17-18-19-21(16)14-11-7-4-8-12-14/h3,5-6,9-10,14-15H,4,7-8,11-12H2,1-2H3/t15-/m0/s1. The Balaban J connectivity index is 1.95. The summed E-state index contributed by atoms with van der Waals surface area (Å²) in [6.07, 6.45) is 6.27. The molecular formula is C16H23N5. The van der Waals surface area contributed by atoms with Crippen molar-refractivity contribution in [2.75, 3.05) is 14.1 Å². The molecule has 21 heavy (non-hydrogen) atoms. The second-order valence-electron chi connectivity index (χ2n) is 6.05. The van der Waals surface area contributed by atoms with Crippen molar-refractivity contribution in [2.45, 2.75) is 44.2 Å². The maximum Gasteiger partial charge on any atom is 0.173 e. The van der Waals surface area contributed by atoms with Crippen molar-refractivity contribution in [1.82, 2.24) is 25.1 Å². The highest BCUT2D eigenvalue weighted by molar-refractivity contribution is 5.24. The van der Waals surface area contributed by atoms with E-state index >= 15 is 0 Å². The van der Waals surface area contributed by atoms with Gasteiger partial charge in [-0.2, -0.15) is 0 Å². The number of tetrazole rings is 1. The molecule has 1 aliphatic rings. The van der Waals surface area contributed by atoms with Gasteiger partial charge in [0.1, 0.15) is 0 Å². The summed E-state index contributed by atoms with van der Waals surface area (Å²) >= 11 is 0. The predicted molar refractivity (Wildman–Crippen MR) is 81.9 cm³/mol. The minimum atomic E-state index is 0.100. The van der Waals surface area contributed by atoms with Gasteiger partial charge in [0.05, 0.1) is 12.1 Å². The van der Waals surface area contributed by atoms with Crippen LogP contribution in [0.5, 0.6) is 0 Å². The SMILES string of the molecule is CN(C)[C@@H](c1ccccc1)c1nnnn1C1CCCCC1. The maximum absolute atomic E-state index is 4.35. The minimum Gasteiger partial charge on any atom is -0.296 e. The molecule has 1 heterocycles. The van der Waals surface area contributed by atoms with Gasteiger partial charge >= 0.3 is 0 Å². The summed E-state index contributed by atoms with van der Waals surface area (Å²) in [6, 6.07) is 11.0. The van der Waals surface area contributed by atoms with Gasteiger partial charge in [-0.1, -0.05) is 49.6 Å². The van der Waals surface area contributed by atoms with Crippen LogP contribution < -0.4 is 0 Å². The van der Waals surface area contributed by atoms with Crippen molar-refractivity contribution in [3.05, 3.63) is 41.7 Å². The summed E-state index contributed by atoms with van der Waals surface area (Å²) in [5.74, 6) is 0.957. The van der Waals surface area contributed by atoms with Crippen LogP contribution in [0.3, 0.4) is 0 Å². The summed E-state index contributed by atoms with van der Waals surface area (Å²) < 4.78 is 2.07. The Labute approximate surface area is 126 Å². The Morgan fingerprint density at radius 3 is 2.48 bits per heavy atom. The van der Waals surface area contributed by atoms with E-state index in [9.17, 15) is 0 Å². The number of hydrogen-bond acceptors (Lipinski definition) is 4. The fraction of sp³-hybridized carbons (Fsp3) is 0.562. The third kappa shape index (κ3) is 2.97. The molecule has 0 amide bonds. The van der Waals surface area contributed by atoms with E-state index in [2.05, 4.69) is 63.5 Å². The number of benzene rings is 1. The first-order valence-electron chi connectivity index (χ1n) is 7.76. The van der Waals surface area contributed by atoms with Gasteiger partial charge in [0.2, 0.25) is 0 Å². The van der Waals surface area contributed by atoms with Crippen LogP contribution in [0.15, 0.2) is 30.3 Å². The monoisotopic (exact) mass is 285 g/mol. The van der Waals surface area contributed by atoms with Crippen molar-refractivity contribution in [3.63, 3.8) is 0 Å². The lowest BCUT2D eigenvalue weighted by Gasteiger charge is -2.28. The smallest absolute Gasteiger partial charge is 0.173 e. The first-order chi connectivity index (χ1) is 10.3. The average molecular weight is 285 g/mol. The van der Waals surface area contributed by atoms with Gasteiger partial charge in [0.15, 0.2) is 5.82 Å². The molecule has 1 aromatic heterocycles. The lowest BCUT2D eigenvalue weighted by atomic mass is 9.95. The van der Waals surface area contributed by atoms with Gasteiger partial charge in [0, 0.05) is 0 Å². The molecule has 1 saturated carbocycles. The molecule has 112 valence electrons. The Hall–Kier alpha value is -1.75. The quantitative estimate of drug-likeness (QED) is 0.866. The summed E-state index contributed by atoms with van der Waals surface area (Å²) in [5, 5.41) is 12.6. The minimum absolute atomic E-state index is 0.100. The largest absolute Gasteiger partial charge is 0.296 e. The van der Waals surface area contributed by atoms with E-state index in [1.807, 2.05) is 6.07 Å². The van der Waals surface area contributed by atoms with Crippen LogP contribution in [0.2, 0.25) is 0 Å². The second kappa shape index (κ2) is 6.35. The van der Waals surface area contributed by atoms with Crippen LogP contribution >= 0.6 is 0 Å². The number of hydrogen-bond donors (Lipinski definition) is 0. The molecule has 0 bridgehead atoms. The highest BCUT2D eigenvalue weighted by atomic mass is 15.6. The van der Waals surface area contributed by atoms with Crippen molar-refractivity contribution >= 4 is 0 Å². The van der Waals surface area contributed by atoms with Gasteiger partial charge in [-0.3, -0.25) is 4.90 Å². The molecule has 2 aromatic rings. The molecule has 0 spiro atoms. The van der Waals surface area contributed by atoms with Gasteiger partial charge in [0.25, 0.3) is 0 Å². The molecule has 1 fully saturated rings. The van der Waals surface area contributed by atoms with Crippen LogP contribution in [-0.4, -0.2) is 39.2 Å². The molecular weight excluding hydrogens is 262 g/mol. The number of aromatic nitrogens is 4. The van der Waals surface area contributed by atoms with Gasteiger partial charge in [-0.25, -0.2) is 4.68 Å². The zero-order valence-electron chi connectivity index (χ0n) is 12.8. The molecule has 0 aliphatic heterocycles. The molecule has 1 aliphatic carbocycles. The van der Waals surface area contributed by atoms with Crippen LogP contribution in [-0.2, 0) is 0 Å². The summed E-state index contributed by atoms with van der Waals surface area (Å²) in [4.78, 5) is 2.18. The Morgan fingerprint density at radius 2 is 1.81 bits per heavy atom. The predicted octanol–water partition coefficient (Wildman–Crippen LogP) is 2.83. The Bertz CT molecular complexity index is 557. The van der Waals surface area contributed by atoms with Crippen molar-refractivity contribution in [1.29, 1.82) is 0 Å². The van der Waals surface area contributed by atoms with Gasteiger partial charge in [-0.05, 0) is 42.9 Å². The highest BCUT2D eigenvalue weighted by Gasteiger charge is 2.27. The van der Waals surface area contributed by atoms with Gasteiger partial charge < -0.3 is 0 Å². The molecule has 5 heteroatoms. The van der Waals surface area contributed by atoms with E-state index in [0.717, 1.165) is 5.82 Å². The molecule has 0 radical (unpaired) electrons. The molecule has 1 aromatic carbocycles. The normalized spacial score (nSPS) is 18.0. The van der Waals surface area contributed by atoms with E-state index in [1.54, 1.807) is 0 Å². The first-order valence-corrected chi connectivity index (χ1v) is 7.76. The number of nitrogens with zero attached hydrogens (tertiary/aromatic N) is 5. The molecule has 5 nitrogen and oxygen atoms in total. The highest BCUT2D eigenvalue weighted by Crippen LogP contribution is 2.32. The fourth-order valence-electron chi connectivity index (χ4n) is 3.28. The lowest BCUT2D eigenvalue weighted by Crippen LogP contribution is -2.27. The Kier molecular flexibility index (Phi) is 4.29. The Morgan fingerprint density at radius 1 is 1.10 bits per heavy atom. The molecule has 3 rings (SSSR count). The van der Waals surface area contributed by atoms with Crippen LogP contribution in [0, 0.1) is 0 Å². The van der Waals surface area contributed by atoms with E-state index in [4.69, 9.17) is 0 Å². The first kappa shape index (κ1) is 14.2. The van der Waals surface area contributed by atoms with E-state index in [-0.39, 0.29) is 6.04 Å². The zero-order chi connectivity index (χ0) is 14.7. The fourth-order valence-corrected chi connectivity index (χ4v) is 3.28. The topological polar surface area (TPSA) is 46.8 Å². The molecule has 0 unspecified atom stereocenters. The molecule has 0 N–H and O–H groups in total. The molecule has 1 atom stereocenters. The van der Waals surface area contributed by atoms with Crippen LogP contribution in [0.25, 0.3) is 0 Å². The van der Waals surface area contributed by atoms with Crippen molar-refractivity contribution in [3.8, 4) is 0 Å².